The third kappa shape index (κ3) is 4.74. The third-order valence-corrected chi connectivity index (χ3v) is 4.82. The fourth-order valence-electron chi connectivity index (χ4n) is 1.85. The number of aryl methyl sites for hydroxylation is 1. The van der Waals surface area contributed by atoms with Crippen molar-refractivity contribution in [3.63, 3.8) is 0 Å². The minimum atomic E-state index is -3.86. The van der Waals surface area contributed by atoms with Crippen LogP contribution in [0.25, 0.3) is 0 Å². The largest absolute Gasteiger partial charge is 0.449 e. The molecule has 0 atom stereocenters. The molecule has 1 amide bonds. The summed E-state index contributed by atoms with van der Waals surface area (Å²) in [6.07, 6.45) is 1.62. The molecule has 1 aromatic carbocycles. The third-order valence-electron chi connectivity index (χ3n) is 3.05. The zero-order valence-electron chi connectivity index (χ0n) is 12.8. The number of carbonyl (C=O) groups excluding carboxylic acids is 1. The molecule has 0 heterocycles. The SMILES string of the molecule is CCCCCN(C(=O)OCC)S(=O)(=O)c1ccc(C)cc1. The number of ether oxygens (including phenoxy) is 1. The average molecular weight is 313 g/mol. The summed E-state index contributed by atoms with van der Waals surface area (Å²) in [5, 5.41) is 0. The molecule has 0 saturated heterocycles. The van der Waals surface area contributed by atoms with E-state index < -0.39 is 16.1 Å². The van der Waals surface area contributed by atoms with Gasteiger partial charge in [0, 0.05) is 6.54 Å². The predicted molar refractivity (Wildman–Crippen MR) is 81.6 cm³/mol. The van der Waals surface area contributed by atoms with E-state index in [4.69, 9.17) is 4.74 Å². The summed E-state index contributed by atoms with van der Waals surface area (Å²) >= 11 is 0. The molecule has 0 aromatic heterocycles. The molecule has 0 radical (unpaired) electrons. The fraction of sp³-hybridized carbons (Fsp3) is 0.533. The minimum Gasteiger partial charge on any atom is -0.449 e. The molecule has 0 N–H and O–H groups in total. The first-order valence-electron chi connectivity index (χ1n) is 7.19. The van der Waals surface area contributed by atoms with Gasteiger partial charge >= 0.3 is 6.09 Å². The molecule has 118 valence electrons. The summed E-state index contributed by atoms with van der Waals surface area (Å²) in [5.41, 5.74) is 0.961. The van der Waals surface area contributed by atoms with Crippen molar-refractivity contribution >= 4 is 16.1 Å². The minimum absolute atomic E-state index is 0.109. The molecular formula is C15H23NO4S. The van der Waals surface area contributed by atoms with Gasteiger partial charge in [-0.15, -0.1) is 0 Å². The standard InChI is InChI=1S/C15H23NO4S/c1-4-6-7-12-16(15(17)20-5-2)21(18,19)14-10-8-13(3)9-11-14/h8-11H,4-7,12H2,1-3H3. The topological polar surface area (TPSA) is 63.7 Å². The van der Waals surface area contributed by atoms with Crippen molar-refractivity contribution in [3.8, 4) is 0 Å². The lowest BCUT2D eigenvalue weighted by atomic mass is 10.2. The maximum atomic E-state index is 12.6. The molecule has 21 heavy (non-hydrogen) atoms. The Balaban J connectivity index is 3.04. The number of benzene rings is 1. The van der Waals surface area contributed by atoms with Gasteiger partial charge in [-0.3, -0.25) is 0 Å². The van der Waals surface area contributed by atoms with Crippen LogP contribution in [-0.4, -0.2) is 32.0 Å². The Bertz CT molecular complexity index is 552. The van der Waals surface area contributed by atoms with Gasteiger partial charge in [0.15, 0.2) is 0 Å². The molecule has 5 nitrogen and oxygen atoms in total. The van der Waals surface area contributed by atoms with E-state index in [9.17, 15) is 13.2 Å². The molecular weight excluding hydrogens is 290 g/mol. The lowest BCUT2D eigenvalue weighted by Gasteiger charge is -2.21. The van der Waals surface area contributed by atoms with Gasteiger partial charge in [0.2, 0.25) is 0 Å². The molecule has 0 saturated carbocycles. The normalized spacial score (nSPS) is 11.2. The van der Waals surface area contributed by atoms with E-state index in [-0.39, 0.29) is 18.0 Å². The van der Waals surface area contributed by atoms with Crippen molar-refractivity contribution in [2.45, 2.75) is 44.9 Å². The van der Waals surface area contributed by atoms with Crippen molar-refractivity contribution in [2.24, 2.45) is 0 Å². The molecule has 0 aliphatic rings. The smallest absolute Gasteiger partial charge is 0.423 e. The number of sulfonamides is 1. The van der Waals surface area contributed by atoms with E-state index in [2.05, 4.69) is 0 Å². The monoisotopic (exact) mass is 313 g/mol. The van der Waals surface area contributed by atoms with Crippen molar-refractivity contribution in [2.75, 3.05) is 13.2 Å². The number of hydrogen-bond acceptors (Lipinski definition) is 4. The summed E-state index contributed by atoms with van der Waals surface area (Å²) in [6.45, 7) is 5.83. The zero-order chi connectivity index (χ0) is 15.9. The van der Waals surface area contributed by atoms with Gasteiger partial charge in [-0.2, -0.15) is 0 Å². The van der Waals surface area contributed by atoms with Crippen LogP contribution in [0.4, 0.5) is 4.79 Å². The number of carbonyl (C=O) groups is 1. The first kappa shape index (κ1) is 17.5. The van der Waals surface area contributed by atoms with Crippen molar-refractivity contribution in [3.05, 3.63) is 29.8 Å². The van der Waals surface area contributed by atoms with Crippen LogP contribution in [0.5, 0.6) is 0 Å². The Morgan fingerprint density at radius 2 is 1.76 bits per heavy atom. The first-order valence-corrected chi connectivity index (χ1v) is 8.63. The Labute approximate surface area is 127 Å². The van der Waals surface area contributed by atoms with Gasteiger partial charge in [0.05, 0.1) is 11.5 Å². The van der Waals surface area contributed by atoms with Crippen molar-refractivity contribution < 1.29 is 17.9 Å². The van der Waals surface area contributed by atoms with E-state index in [0.29, 0.717) is 6.42 Å². The number of amides is 1. The summed E-state index contributed by atoms with van der Waals surface area (Å²) in [4.78, 5) is 12.1. The van der Waals surface area contributed by atoms with Crippen LogP contribution in [-0.2, 0) is 14.8 Å². The highest BCUT2D eigenvalue weighted by Gasteiger charge is 2.29. The quantitative estimate of drug-likeness (QED) is 0.724. The Morgan fingerprint density at radius 1 is 1.14 bits per heavy atom. The maximum absolute atomic E-state index is 12.6. The molecule has 0 bridgehead atoms. The van der Waals surface area contributed by atoms with E-state index in [0.717, 1.165) is 22.7 Å². The lowest BCUT2D eigenvalue weighted by Crippen LogP contribution is -2.38. The second kappa shape index (κ2) is 8.02. The highest BCUT2D eigenvalue weighted by Crippen LogP contribution is 2.18. The average Bonchev–Trinajstić information content (AvgIpc) is 2.44. The van der Waals surface area contributed by atoms with Gasteiger partial charge in [0.1, 0.15) is 0 Å². The predicted octanol–water partition coefficient (Wildman–Crippen LogP) is 3.33. The van der Waals surface area contributed by atoms with Crippen LogP contribution in [0.15, 0.2) is 29.2 Å². The van der Waals surface area contributed by atoms with Gasteiger partial charge < -0.3 is 4.74 Å². The first-order chi connectivity index (χ1) is 9.93. The van der Waals surface area contributed by atoms with E-state index in [1.54, 1.807) is 19.1 Å². The molecule has 0 spiro atoms. The highest BCUT2D eigenvalue weighted by atomic mass is 32.2. The number of rotatable bonds is 7. The maximum Gasteiger partial charge on any atom is 0.423 e. The Kier molecular flexibility index (Phi) is 6.68. The summed E-state index contributed by atoms with van der Waals surface area (Å²) in [5.74, 6) is 0. The van der Waals surface area contributed by atoms with Crippen molar-refractivity contribution in [1.29, 1.82) is 0 Å². The van der Waals surface area contributed by atoms with Crippen molar-refractivity contribution in [1.82, 2.24) is 4.31 Å². The van der Waals surface area contributed by atoms with Crippen LogP contribution in [0.3, 0.4) is 0 Å². The fourth-order valence-corrected chi connectivity index (χ4v) is 3.20. The molecule has 0 fully saturated rings. The second-order valence-electron chi connectivity index (χ2n) is 4.80. The number of hydrogen-bond donors (Lipinski definition) is 0. The van der Waals surface area contributed by atoms with Crippen LogP contribution < -0.4 is 0 Å². The van der Waals surface area contributed by atoms with Crippen LogP contribution >= 0.6 is 0 Å². The number of unbranched alkanes of at least 4 members (excludes halogenated alkanes) is 2. The molecule has 0 aliphatic carbocycles. The lowest BCUT2D eigenvalue weighted by molar-refractivity contribution is 0.130. The summed E-state index contributed by atoms with van der Waals surface area (Å²) < 4.78 is 30.9. The van der Waals surface area contributed by atoms with E-state index >= 15 is 0 Å². The van der Waals surface area contributed by atoms with Gasteiger partial charge in [0.25, 0.3) is 10.0 Å². The molecule has 1 aromatic rings. The zero-order valence-corrected chi connectivity index (χ0v) is 13.6. The van der Waals surface area contributed by atoms with Crippen LogP contribution in [0.2, 0.25) is 0 Å². The van der Waals surface area contributed by atoms with E-state index in [1.165, 1.54) is 12.1 Å². The Morgan fingerprint density at radius 3 is 2.29 bits per heavy atom. The second-order valence-corrected chi connectivity index (χ2v) is 6.66. The number of nitrogens with zero attached hydrogens (tertiary/aromatic N) is 1. The van der Waals surface area contributed by atoms with Gasteiger partial charge in [-0.25, -0.2) is 17.5 Å². The van der Waals surface area contributed by atoms with Gasteiger partial charge in [-0.05, 0) is 32.4 Å². The Hall–Kier alpha value is -1.56. The highest BCUT2D eigenvalue weighted by molar-refractivity contribution is 7.89. The molecule has 0 aliphatic heterocycles. The molecule has 6 heteroatoms. The van der Waals surface area contributed by atoms with E-state index in [1.807, 2.05) is 13.8 Å². The summed E-state index contributed by atoms with van der Waals surface area (Å²) in [6, 6.07) is 6.44. The van der Waals surface area contributed by atoms with Crippen LogP contribution in [0, 0.1) is 6.92 Å². The molecule has 0 unspecified atom stereocenters. The van der Waals surface area contributed by atoms with Gasteiger partial charge in [-0.1, -0.05) is 37.5 Å². The molecule has 1 rings (SSSR count). The van der Waals surface area contributed by atoms with Crippen LogP contribution in [0.1, 0.15) is 38.7 Å². The summed E-state index contributed by atoms with van der Waals surface area (Å²) in [7, 11) is -3.86.